The highest BCUT2D eigenvalue weighted by atomic mass is 32.2. The molecule has 0 radical (unpaired) electrons. The van der Waals surface area contributed by atoms with E-state index in [4.69, 9.17) is 4.74 Å². The lowest BCUT2D eigenvalue weighted by molar-refractivity contribution is 0.443. The number of ether oxygens (including phenoxy) is 1. The summed E-state index contributed by atoms with van der Waals surface area (Å²) >= 11 is 0. The number of sulfonamides is 1. The zero-order valence-electron chi connectivity index (χ0n) is 16.6. The van der Waals surface area contributed by atoms with Crippen molar-refractivity contribution < 1.29 is 13.2 Å². The van der Waals surface area contributed by atoms with Crippen LogP contribution in [-0.4, -0.2) is 28.2 Å². The number of aromatic nitrogens is 3. The smallest absolute Gasteiger partial charge is 0.324 e. The monoisotopic (exact) mass is 414 g/mol. The van der Waals surface area contributed by atoms with Crippen LogP contribution < -0.4 is 15.0 Å². The number of benzene rings is 1. The van der Waals surface area contributed by atoms with Crippen molar-refractivity contribution in [2.75, 3.05) is 4.72 Å². The lowest BCUT2D eigenvalue weighted by Gasteiger charge is -2.13. The Labute approximate surface area is 169 Å². The van der Waals surface area contributed by atoms with Crippen molar-refractivity contribution in [1.82, 2.24) is 14.5 Å². The van der Waals surface area contributed by atoms with Gasteiger partial charge in [0.05, 0.1) is 10.9 Å². The SMILES string of the molecule is Cc1cc(-c2cc(NS(=O)(=O)C(C)C)nc(Oc3ccccc3)n2)cn(C)c1=O. The molecule has 3 aromatic rings. The Bertz CT molecular complexity index is 1160. The van der Waals surface area contributed by atoms with Gasteiger partial charge >= 0.3 is 6.01 Å². The van der Waals surface area contributed by atoms with E-state index in [1.54, 1.807) is 64.3 Å². The quantitative estimate of drug-likeness (QED) is 0.665. The van der Waals surface area contributed by atoms with Gasteiger partial charge in [-0.2, -0.15) is 9.97 Å². The fourth-order valence-electron chi connectivity index (χ4n) is 2.55. The summed E-state index contributed by atoms with van der Waals surface area (Å²) in [6.07, 6.45) is 1.63. The number of rotatable bonds is 6. The molecule has 2 heterocycles. The highest BCUT2D eigenvalue weighted by molar-refractivity contribution is 7.93. The number of para-hydroxylation sites is 1. The lowest BCUT2D eigenvalue weighted by Crippen LogP contribution is -2.23. The number of nitrogens with zero attached hydrogens (tertiary/aromatic N) is 3. The number of hydrogen-bond acceptors (Lipinski definition) is 6. The second kappa shape index (κ2) is 8.04. The van der Waals surface area contributed by atoms with Crippen LogP contribution in [0.1, 0.15) is 19.4 Å². The molecule has 0 aliphatic carbocycles. The van der Waals surface area contributed by atoms with Crippen molar-refractivity contribution in [1.29, 1.82) is 0 Å². The molecule has 0 aliphatic heterocycles. The van der Waals surface area contributed by atoms with E-state index >= 15 is 0 Å². The van der Waals surface area contributed by atoms with Gasteiger partial charge in [0, 0.05) is 30.4 Å². The summed E-state index contributed by atoms with van der Waals surface area (Å²) in [7, 11) is -1.97. The van der Waals surface area contributed by atoms with Gasteiger partial charge in [0.2, 0.25) is 10.0 Å². The Morgan fingerprint density at radius 2 is 1.79 bits per heavy atom. The summed E-state index contributed by atoms with van der Waals surface area (Å²) in [5.74, 6) is 0.597. The lowest BCUT2D eigenvalue weighted by atomic mass is 10.1. The summed E-state index contributed by atoms with van der Waals surface area (Å²) in [5.41, 5.74) is 1.48. The molecular weight excluding hydrogens is 392 g/mol. The van der Waals surface area contributed by atoms with Crippen LogP contribution in [0.15, 0.2) is 53.5 Å². The van der Waals surface area contributed by atoms with E-state index in [9.17, 15) is 13.2 Å². The van der Waals surface area contributed by atoms with E-state index in [1.165, 1.54) is 10.6 Å². The molecule has 8 nitrogen and oxygen atoms in total. The maximum atomic E-state index is 12.3. The van der Waals surface area contributed by atoms with Crippen molar-refractivity contribution in [2.24, 2.45) is 7.05 Å². The Hall–Kier alpha value is -3.20. The summed E-state index contributed by atoms with van der Waals surface area (Å²) in [5, 5.41) is -0.640. The highest BCUT2D eigenvalue weighted by Crippen LogP contribution is 2.26. The Morgan fingerprint density at radius 3 is 2.41 bits per heavy atom. The first-order chi connectivity index (χ1) is 13.7. The first-order valence-corrected chi connectivity index (χ1v) is 10.5. The number of anilines is 1. The van der Waals surface area contributed by atoms with Crippen LogP contribution in [0, 0.1) is 6.92 Å². The number of nitrogens with one attached hydrogen (secondary N) is 1. The molecule has 0 aliphatic rings. The highest BCUT2D eigenvalue weighted by Gasteiger charge is 2.19. The van der Waals surface area contributed by atoms with Gasteiger partial charge < -0.3 is 9.30 Å². The molecule has 0 unspecified atom stereocenters. The van der Waals surface area contributed by atoms with Crippen molar-refractivity contribution in [2.45, 2.75) is 26.0 Å². The summed E-state index contributed by atoms with van der Waals surface area (Å²) < 4.78 is 34.3. The van der Waals surface area contributed by atoms with Gasteiger partial charge in [0.25, 0.3) is 5.56 Å². The topological polar surface area (TPSA) is 103 Å². The van der Waals surface area contributed by atoms with Gasteiger partial charge in [0.15, 0.2) is 0 Å². The minimum Gasteiger partial charge on any atom is -0.424 e. The van der Waals surface area contributed by atoms with Crippen LogP contribution in [0.25, 0.3) is 11.3 Å². The van der Waals surface area contributed by atoms with Gasteiger partial charge in [0.1, 0.15) is 11.6 Å². The van der Waals surface area contributed by atoms with E-state index in [0.29, 0.717) is 22.6 Å². The van der Waals surface area contributed by atoms with Crippen molar-refractivity contribution in [3.8, 4) is 23.0 Å². The molecule has 152 valence electrons. The summed E-state index contributed by atoms with van der Waals surface area (Å²) in [4.78, 5) is 20.6. The Morgan fingerprint density at radius 1 is 1.10 bits per heavy atom. The normalized spacial score (nSPS) is 11.5. The maximum Gasteiger partial charge on any atom is 0.324 e. The predicted octanol–water partition coefficient (Wildman–Crippen LogP) is 3.09. The van der Waals surface area contributed by atoms with Crippen molar-refractivity contribution >= 4 is 15.8 Å². The third-order valence-corrected chi connectivity index (χ3v) is 5.92. The molecular formula is C20H22N4O4S. The van der Waals surface area contributed by atoms with E-state index < -0.39 is 15.3 Å². The average molecular weight is 414 g/mol. The second-order valence-corrected chi connectivity index (χ2v) is 9.10. The average Bonchev–Trinajstić information content (AvgIpc) is 2.66. The third kappa shape index (κ3) is 4.80. The minimum absolute atomic E-state index is 0.0123. The summed E-state index contributed by atoms with van der Waals surface area (Å²) in [6, 6.07) is 12.1. The predicted molar refractivity (Wildman–Crippen MR) is 112 cm³/mol. The van der Waals surface area contributed by atoms with Gasteiger partial charge in [-0.1, -0.05) is 18.2 Å². The third-order valence-electron chi connectivity index (χ3n) is 4.18. The molecule has 0 fully saturated rings. The standard InChI is InChI=1S/C20H22N4O4S/c1-13(2)29(26,27)23-18-11-17(15-10-14(3)19(25)24(4)12-15)21-20(22-18)28-16-8-6-5-7-9-16/h5-13H,1-4H3,(H,21,22,23). The largest absolute Gasteiger partial charge is 0.424 e. The van der Waals surface area contributed by atoms with Crippen LogP contribution in [0.4, 0.5) is 5.82 Å². The van der Waals surface area contributed by atoms with Crippen LogP contribution in [0.3, 0.4) is 0 Å². The van der Waals surface area contributed by atoms with Crippen LogP contribution >= 0.6 is 0 Å². The van der Waals surface area contributed by atoms with Crippen molar-refractivity contribution in [3.05, 3.63) is 64.6 Å². The van der Waals surface area contributed by atoms with Gasteiger partial charge in [-0.25, -0.2) is 8.42 Å². The molecule has 0 bridgehead atoms. The second-order valence-electron chi connectivity index (χ2n) is 6.86. The molecule has 2 aromatic heterocycles. The molecule has 29 heavy (non-hydrogen) atoms. The Balaban J connectivity index is 2.11. The molecule has 1 N–H and O–H groups in total. The van der Waals surface area contributed by atoms with Crippen LogP contribution in [0.5, 0.6) is 11.8 Å². The number of pyridine rings is 1. The molecule has 0 spiro atoms. The van der Waals surface area contributed by atoms with Crippen molar-refractivity contribution in [3.63, 3.8) is 0 Å². The molecule has 0 saturated carbocycles. The maximum absolute atomic E-state index is 12.3. The first kappa shape index (κ1) is 20.5. The van der Waals surface area contributed by atoms with Crippen LogP contribution in [-0.2, 0) is 17.1 Å². The molecule has 0 saturated heterocycles. The fourth-order valence-corrected chi connectivity index (χ4v) is 3.18. The molecule has 0 atom stereocenters. The minimum atomic E-state index is -3.61. The summed E-state index contributed by atoms with van der Waals surface area (Å²) in [6.45, 7) is 4.85. The van der Waals surface area contributed by atoms with E-state index in [-0.39, 0.29) is 17.4 Å². The Kier molecular flexibility index (Phi) is 5.69. The van der Waals surface area contributed by atoms with Gasteiger partial charge in [-0.05, 0) is 39.0 Å². The van der Waals surface area contributed by atoms with Gasteiger partial charge in [-0.15, -0.1) is 0 Å². The van der Waals surface area contributed by atoms with E-state index in [0.717, 1.165) is 0 Å². The molecule has 0 amide bonds. The zero-order chi connectivity index (χ0) is 21.2. The fraction of sp³-hybridized carbons (Fsp3) is 0.250. The molecule has 1 aromatic carbocycles. The molecule has 3 rings (SSSR count). The molecule has 9 heteroatoms. The number of hydrogen-bond donors (Lipinski definition) is 1. The first-order valence-electron chi connectivity index (χ1n) is 8.97. The number of aryl methyl sites for hydroxylation is 2. The zero-order valence-corrected chi connectivity index (χ0v) is 17.4. The van der Waals surface area contributed by atoms with Gasteiger partial charge in [-0.3, -0.25) is 9.52 Å². The van der Waals surface area contributed by atoms with E-state index in [1.807, 2.05) is 6.07 Å². The van der Waals surface area contributed by atoms with Crippen LogP contribution in [0.2, 0.25) is 0 Å². The van der Waals surface area contributed by atoms with E-state index in [2.05, 4.69) is 14.7 Å².